The Balaban J connectivity index is 2.25. The molecule has 1 N–H and O–H groups in total. The van der Waals surface area contributed by atoms with Crippen molar-refractivity contribution in [1.29, 1.82) is 0 Å². The highest BCUT2D eigenvalue weighted by Crippen LogP contribution is 2.33. The molecule has 1 aromatic heterocycles. The summed E-state index contributed by atoms with van der Waals surface area (Å²) in [7, 11) is 0. The zero-order valence-electron chi connectivity index (χ0n) is 18.1. The van der Waals surface area contributed by atoms with Crippen molar-refractivity contribution in [2.75, 3.05) is 4.90 Å². The molecule has 6 nitrogen and oxygen atoms in total. The number of amides is 2. The standard InChI is InChI=1S/C23H25FN4O2S/c1-13(2)25-22(29)21(18-9-7-6-8-14(18)3)28(17-11-10-15(4)19(24)12-17)23(30)20-16(5)31-27-26-20/h6-13,21H,1-5H3,(H,25,29). The molecular weight excluding hydrogens is 415 g/mol. The first-order chi connectivity index (χ1) is 14.7. The Hall–Kier alpha value is -3.13. The van der Waals surface area contributed by atoms with Gasteiger partial charge in [0.1, 0.15) is 11.9 Å². The molecule has 1 heterocycles. The Labute approximate surface area is 185 Å². The van der Waals surface area contributed by atoms with Gasteiger partial charge in [-0.2, -0.15) is 0 Å². The summed E-state index contributed by atoms with van der Waals surface area (Å²) in [5, 5.41) is 6.87. The van der Waals surface area contributed by atoms with E-state index in [4.69, 9.17) is 0 Å². The summed E-state index contributed by atoms with van der Waals surface area (Å²) in [5.74, 6) is -1.34. The summed E-state index contributed by atoms with van der Waals surface area (Å²) in [4.78, 5) is 29.0. The van der Waals surface area contributed by atoms with Crippen LogP contribution < -0.4 is 10.2 Å². The van der Waals surface area contributed by atoms with Crippen LogP contribution in [-0.4, -0.2) is 27.4 Å². The second-order valence-electron chi connectivity index (χ2n) is 7.71. The van der Waals surface area contributed by atoms with Gasteiger partial charge in [0, 0.05) is 11.7 Å². The number of nitrogens with one attached hydrogen (secondary N) is 1. The third-order valence-corrected chi connectivity index (χ3v) is 5.56. The van der Waals surface area contributed by atoms with Gasteiger partial charge in [0.05, 0.1) is 4.88 Å². The van der Waals surface area contributed by atoms with Crippen LogP contribution in [0.5, 0.6) is 0 Å². The molecule has 8 heteroatoms. The molecule has 0 saturated carbocycles. The van der Waals surface area contributed by atoms with E-state index >= 15 is 0 Å². The lowest BCUT2D eigenvalue weighted by atomic mass is 9.97. The van der Waals surface area contributed by atoms with Gasteiger partial charge in [-0.15, -0.1) is 5.10 Å². The van der Waals surface area contributed by atoms with Gasteiger partial charge in [0.15, 0.2) is 5.69 Å². The third-order valence-electron chi connectivity index (χ3n) is 4.93. The number of nitrogens with zero attached hydrogens (tertiary/aromatic N) is 3. The van der Waals surface area contributed by atoms with Gasteiger partial charge in [-0.05, 0) is 75.0 Å². The monoisotopic (exact) mass is 440 g/mol. The molecule has 162 valence electrons. The summed E-state index contributed by atoms with van der Waals surface area (Å²) in [6, 6.07) is 10.7. The molecule has 0 saturated heterocycles. The number of benzene rings is 2. The van der Waals surface area contributed by atoms with E-state index in [9.17, 15) is 14.0 Å². The molecule has 0 spiro atoms. The van der Waals surface area contributed by atoms with E-state index in [0.717, 1.165) is 17.1 Å². The number of carbonyl (C=O) groups is 2. The maximum atomic E-state index is 14.5. The first-order valence-corrected chi connectivity index (χ1v) is 10.7. The molecule has 0 aliphatic rings. The highest BCUT2D eigenvalue weighted by molar-refractivity contribution is 7.05. The lowest BCUT2D eigenvalue weighted by Gasteiger charge is -2.32. The Morgan fingerprint density at radius 1 is 1.06 bits per heavy atom. The number of hydrogen-bond acceptors (Lipinski definition) is 5. The van der Waals surface area contributed by atoms with E-state index < -0.39 is 17.8 Å². The Morgan fingerprint density at radius 2 is 1.77 bits per heavy atom. The lowest BCUT2D eigenvalue weighted by molar-refractivity contribution is -0.123. The minimum atomic E-state index is -1.01. The number of aromatic nitrogens is 2. The largest absolute Gasteiger partial charge is 0.352 e. The average molecular weight is 441 g/mol. The van der Waals surface area contributed by atoms with Gasteiger partial charge < -0.3 is 5.32 Å². The third kappa shape index (κ3) is 4.80. The van der Waals surface area contributed by atoms with Crippen LogP contribution in [0.25, 0.3) is 0 Å². The number of rotatable bonds is 6. The molecule has 1 atom stereocenters. The number of halogens is 1. The summed E-state index contributed by atoms with van der Waals surface area (Å²) in [6.45, 7) is 8.95. The van der Waals surface area contributed by atoms with Crippen molar-refractivity contribution in [2.24, 2.45) is 0 Å². The van der Waals surface area contributed by atoms with Crippen LogP contribution >= 0.6 is 11.5 Å². The minimum absolute atomic E-state index is 0.141. The van der Waals surface area contributed by atoms with E-state index in [0.29, 0.717) is 16.0 Å². The predicted molar refractivity (Wildman–Crippen MR) is 120 cm³/mol. The smallest absolute Gasteiger partial charge is 0.281 e. The fourth-order valence-electron chi connectivity index (χ4n) is 3.31. The zero-order valence-corrected chi connectivity index (χ0v) is 19.0. The van der Waals surface area contributed by atoms with Crippen molar-refractivity contribution in [1.82, 2.24) is 14.9 Å². The van der Waals surface area contributed by atoms with E-state index in [-0.39, 0.29) is 23.3 Å². The van der Waals surface area contributed by atoms with Crippen LogP contribution in [0.3, 0.4) is 0 Å². The average Bonchev–Trinajstić information content (AvgIpc) is 3.14. The van der Waals surface area contributed by atoms with Gasteiger partial charge in [0.2, 0.25) is 5.91 Å². The highest BCUT2D eigenvalue weighted by atomic mass is 32.1. The second kappa shape index (κ2) is 9.34. The molecule has 1 unspecified atom stereocenters. The fourth-order valence-corrected chi connectivity index (χ4v) is 3.77. The molecule has 2 aromatic carbocycles. The van der Waals surface area contributed by atoms with Gasteiger partial charge in [-0.25, -0.2) is 4.39 Å². The lowest BCUT2D eigenvalue weighted by Crippen LogP contribution is -2.46. The molecular formula is C23H25FN4O2S. The van der Waals surface area contributed by atoms with Crippen LogP contribution in [0.15, 0.2) is 42.5 Å². The fraction of sp³-hybridized carbons (Fsp3) is 0.304. The van der Waals surface area contributed by atoms with Crippen molar-refractivity contribution in [3.05, 3.63) is 75.5 Å². The van der Waals surface area contributed by atoms with Crippen LogP contribution in [-0.2, 0) is 4.79 Å². The van der Waals surface area contributed by atoms with Crippen molar-refractivity contribution in [2.45, 2.75) is 46.7 Å². The SMILES string of the molecule is Cc1ccc(N(C(=O)c2nnsc2C)C(C(=O)NC(C)C)c2ccccc2C)cc1F. The van der Waals surface area contributed by atoms with E-state index in [1.165, 1.54) is 11.0 Å². The van der Waals surface area contributed by atoms with Crippen molar-refractivity contribution >= 4 is 29.0 Å². The maximum Gasteiger partial charge on any atom is 0.281 e. The normalized spacial score (nSPS) is 12.0. The number of carbonyl (C=O) groups excluding carboxylic acids is 2. The number of hydrogen-bond donors (Lipinski definition) is 1. The summed E-state index contributed by atoms with van der Waals surface area (Å²) in [6.07, 6.45) is 0. The zero-order chi connectivity index (χ0) is 22.7. The van der Waals surface area contributed by atoms with E-state index in [1.807, 2.05) is 39.0 Å². The van der Waals surface area contributed by atoms with Crippen LogP contribution in [0, 0.1) is 26.6 Å². The van der Waals surface area contributed by atoms with E-state index in [2.05, 4.69) is 14.9 Å². The molecule has 0 radical (unpaired) electrons. The van der Waals surface area contributed by atoms with Crippen molar-refractivity contribution < 1.29 is 14.0 Å². The highest BCUT2D eigenvalue weighted by Gasteiger charge is 2.36. The Bertz CT molecular complexity index is 1110. The quantitative estimate of drug-likeness (QED) is 0.612. The number of anilines is 1. The van der Waals surface area contributed by atoms with Crippen LogP contribution in [0.4, 0.5) is 10.1 Å². The first-order valence-electron chi connectivity index (χ1n) is 9.95. The van der Waals surface area contributed by atoms with Gasteiger partial charge in [0.25, 0.3) is 5.91 Å². The van der Waals surface area contributed by atoms with Crippen LogP contribution in [0.1, 0.15) is 51.9 Å². The molecule has 31 heavy (non-hydrogen) atoms. The molecule has 3 rings (SSSR count). The first kappa shape index (κ1) is 22.6. The summed E-state index contributed by atoms with van der Waals surface area (Å²) < 4.78 is 18.4. The molecule has 2 amide bonds. The maximum absolute atomic E-state index is 14.5. The molecule has 0 aliphatic heterocycles. The molecule has 0 fully saturated rings. The van der Waals surface area contributed by atoms with E-state index in [1.54, 1.807) is 32.0 Å². The summed E-state index contributed by atoms with van der Waals surface area (Å²) >= 11 is 1.10. The molecule has 0 bridgehead atoms. The predicted octanol–water partition coefficient (Wildman–Crippen LogP) is 4.52. The van der Waals surface area contributed by atoms with Gasteiger partial charge >= 0.3 is 0 Å². The van der Waals surface area contributed by atoms with Crippen molar-refractivity contribution in [3.63, 3.8) is 0 Å². The number of aryl methyl sites for hydroxylation is 3. The molecule has 0 aliphatic carbocycles. The Kier molecular flexibility index (Phi) is 6.80. The second-order valence-corrected chi connectivity index (χ2v) is 8.67. The van der Waals surface area contributed by atoms with Gasteiger partial charge in [-0.1, -0.05) is 34.8 Å². The topological polar surface area (TPSA) is 75.2 Å². The summed E-state index contributed by atoms with van der Waals surface area (Å²) in [5.41, 5.74) is 2.34. The van der Waals surface area contributed by atoms with Crippen molar-refractivity contribution in [3.8, 4) is 0 Å². The Morgan fingerprint density at radius 3 is 2.35 bits per heavy atom. The van der Waals surface area contributed by atoms with Gasteiger partial charge in [-0.3, -0.25) is 14.5 Å². The minimum Gasteiger partial charge on any atom is -0.352 e. The molecule has 3 aromatic rings. The van der Waals surface area contributed by atoms with Crippen LogP contribution in [0.2, 0.25) is 0 Å².